The number of aryl methyl sites for hydroxylation is 1. The average Bonchev–Trinajstić information content (AvgIpc) is 2.65. The van der Waals surface area contributed by atoms with Crippen LogP contribution in [0.4, 0.5) is 0 Å². The van der Waals surface area contributed by atoms with E-state index >= 15 is 0 Å². The molecule has 0 saturated carbocycles. The van der Waals surface area contributed by atoms with Crippen LogP contribution in [0.5, 0.6) is 17.2 Å². The first kappa shape index (κ1) is 19.4. The van der Waals surface area contributed by atoms with Gasteiger partial charge in [0.1, 0.15) is 12.4 Å². The molecule has 0 aliphatic heterocycles. The summed E-state index contributed by atoms with van der Waals surface area (Å²) in [6.07, 6.45) is 3.06. The Morgan fingerprint density at radius 3 is 2.42 bits per heavy atom. The molecule has 0 radical (unpaired) electrons. The van der Waals surface area contributed by atoms with Crippen LogP contribution in [0.3, 0.4) is 0 Å². The molecule has 0 bridgehead atoms. The average molecular weight is 356 g/mol. The Bertz CT molecular complexity index is 780. The third-order valence-electron chi connectivity index (χ3n) is 3.71. The van der Waals surface area contributed by atoms with E-state index in [4.69, 9.17) is 18.9 Å². The van der Waals surface area contributed by atoms with Crippen molar-refractivity contribution in [2.45, 2.75) is 20.5 Å². The minimum absolute atomic E-state index is 0.153. The quantitative estimate of drug-likeness (QED) is 0.525. The van der Waals surface area contributed by atoms with E-state index < -0.39 is 5.97 Å². The van der Waals surface area contributed by atoms with Crippen molar-refractivity contribution in [1.82, 2.24) is 0 Å². The number of carbonyl (C=O) groups is 1. The minimum atomic E-state index is -0.429. The number of esters is 1. The molecule has 2 rings (SSSR count). The molecule has 0 aliphatic rings. The van der Waals surface area contributed by atoms with Crippen molar-refractivity contribution in [1.29, 1.82) is 0 Å². The Hall–Kier alpha value is -2.95. The lowest BCUT2D eigenvalue weighted by atomic mass is 10.1. The van der Waals surface area contributed by atoms with E-state index in [-0.39, 0.29) is 6.61 Å². The second-order valence-corrected chi connectivity index (χ2v) is 5.60. The Labute approximate surface area is 154 Å². The molecule has 0 N–H and O–H groups in total. The number of hydrogen-bond donors (Lipinski definition) is 0. The third kappa shape index (κ3) is 5.28. The highest BCUT2D eigenvalue weighted by atomic mass is 16.5. The highest BCUT2D eigenvalue weighted by Gasteiger charge is 2.07. The van der Waals surface area contributed by atoms with Gasteiger partial charge >= 0.3 is 5.97 Å². The van der Waals surface area contributed by atoms with Crippen molar-refractivity contribution < 1.29 is 23.7 Å². The highest BCUT2D eigenvalue weighted by molar-refractivity contribution is 5.87. The largest absolute Gasteiger partial charge is 0.496 e. The zero-order valence-corrected chi connectivity index (χ0v) is 15.6. The summed E-state index contributed by atoms with van der Waals surface area (Å²) >= 11 is 0. The van der Waals surface area contributed by atoms with Crippen LogP contribution in [0, 0.1) is 6.92 Å². The second-order valence-electron chi connectivity index (χ2n) is 5.60. The van der Waals surface area contributed by atoms with Crippen molar-refractivity contribution in [3.8, 4) is 17.2 Å². The fourth-order valence-electron chi connectivity index (χ4n) is 2.44. The lowest BCUT2D eigenvalue weighted by Gasteiger charge is -2.10. The van der Waals surface area contributed by atoms with Gasteiger partial charge in [0.05, 0.1) is 20.8 Å². The molecule has 26 heavy (non-hydrogen) atoms. The number of ether oxygens (including phenoxy) is 4. The molecule has 5 nitrogen and oxygen atoms in total. The minimum Gasteiger partial charge on any atom is -0.496 e. The van der Waals surface area contributed by atoms with E-state index in [1.807, 2.05) is 44.2 Å². The van der Waals surface area contributed by atoms with E-state index in [1.165, 1.54) is 6.08 Å². The lowest BCUT2D eigenvalue weighted by molar-refractivity contribution is -0.138. The molecular weight excluding hydrogens is 332 g/mol. The number of methoxy groups -OCH3 is 2. The molecule has 138 valence electrons. The predicted molar refractivity (Wildman–Crippen MR) is 101 cm³/mol. The monoisotopic (exact) mass is 356 g/mol. The number of carbonyl (C=O) groups excluding carboxylic acids is 1. The smallest absolute Gasteiger partial charge is 0.331 e. The van der Waals surface area contributed by atoms with Crippen LogP contribution in [0.15, 0.2) is 42.5 Å². The van der Waals surface area contributed by atoms with Crippen LogP contribution < -0.4 is 14.2 Å². The van der Waals surface area contributed by atoms with Gasteiger partial charge in [-0.15, -0.1) is 0 Å². The number of rotatable bonds is 8. The van der Waals surface area contributed by atoms with Gasteiger partial charge in [0.15, 0.2) is 11.5 Å². The maximum Gasteiger partial charge on any atom is 0.331 e. The molecule has 5 heteroatoms. The summed E-state index contributed by atoms with van der Waals surface area (Å²) in [6, 6.07) is 11.2. The van der Waals surface area contributed by atoms with Gasteiger partial charge in [-0.1, -0.05) is 17.7 Å². The maximum atomic E-state index is 12.0. The molecule has 0 fully saturated rings. The van der Waals surface area contributed by atoms with Gasteiger partial charge in [-0.2, -0.15) is 0 Å². The van der Waals surface area contributed by atoms with Crippen molar-refractivity contribution >= 4 is 12.0 Å². The van der Waals surface area contributed by atoms with Gasteiger partial charge in [0.2, 0.25) is 0 Å². The van der Waals surface area contributed by atoms with Crippen molar-refractivity contribution in [3.63, 3.8) is 0 Å². The summed E-state index contributed by atoms with van der Waals surface area (Å²) in [5, 5.41) is 0. The molecule has 0 spiro atoms. The molecule has 0 saturated heterocycles. The summed E-state index contributed by atoms with van der Waals surface area (Å²) in [5.74, 6) is 1.55. The lowest BCUT2D eigenvalue weighted by Crippen LogP contribution is -2.02. The SMILES string of the molecule is CCOc1ccc(/C=C/C(=O)OCc2cc(C)ccc2OC)cc1OC. The number of benzene rings is 2. The third-order valence-corrected chi connectivity index (χ3v) is 3.71. The first-order valence-corrected chi connectivity index (χ1v) is 8.36. The highest BCUT2D eigenvalue weighted by Crippen LogP contribution is 2.28. The fourth-order valence-corrected chi connectivity index (χ4v) is 2.44. The second kappa shape index (κ2) is 9.51. The van der Waals surface area contributed by atoms with E-state index in [0.717, 1.165) is 16.7 Å². The Kier molecular flexibility index (Phi) is 7.09. The molecule has 2 aromatic carbocycles. The van der Waals surface area contributed by atoms with Crippen LogP contribution in [-0.2, 0) is 16.1 Å². The van der Waals surface area contributed by atoms with Crippen LogP contribution in [0.1, 0.15) is 23.6 Å². The van der Waals surface area contributed by atoms with Crippen molar-refractivity contribution in [2.24, 2.45) is 0 Å². The zero-order valence-electron chi connectivity index (χ0n) is 15.6. The summed E-state index contributed by atoms with van der Waals surface area (Å²) in [4.78, 5) is 12.0. The van der Waals surface area contributed by atoms with Gasteiger partial charge in [-0.25, -0.2) is 4.79 Å². The molecule has 0 unspecified atom stereocenters. The molecule has 0 aliphatic carbocycles. The summed E-state index contributed by atoms with van der Waals surface area (Å²) in [7, 11) is 3.17. The van der Waals surface area contributed by atoms with Crippen LogP contribution in [-0.4, -0.2) is 26.8 Å². The van der Waals surface area contributed by atoms with Crippen molar-refractivity contribution in [3.05, 3.63) is 59.2 Å². The van der Waals surface area contributed by atoms with Crippen LogP contribution in [0.2, 0.25) is 0 Å². The molecular formula is C21H24O5. The Morgan fingerprint density at radius 1 is 1.00 bits per heavy atom. The predicted octanol–water partition coefficient (Wildman–Crippen LogP) is 4.17. The standard InChI is InChI=1S/C21H24O5/c1-5-25-19-10-7-16(13-20(19)24-4)8-11-21(22)26-14-17-12-15(2)6-9-18(17)23-3/h6-13H,5,14H2,1-4H3/b11-8+. The Morgan fingerprint density at radius 2 is 1.73 bits per heavy atom. The molecule has 0 heterocycles. The summed E-state index contributed by atoms with van der Waals surface area (Å²) < 4.78 is 21.4. The van der Waals surface area contributed by atoms with Gasteiger partial charge < -0.3 is 18.9 Å². The summed E-state index contributed by atoms with van der Waals surface area (Å²) in [5.41, 5.74) is 2.72. The number of hydrogen-bond acceptors (Lipinski definition) is 5. The van der Waals surface area contributed by atoms with Crippen LogP contribution in [0.25, 0.3) is 6.08 Å². The molecule has 0 aromatic heterocycles. The fraction of sp³-hybridized carbons (Fsp3) is 0.286. The van der Waals surface area contributed by atoms with E-state index in [0.29, 0.717) is 23.9 Å². The van der Waals surface area contributed by atoms with Gasteiger partial charge in [-0.05, 0) is 49.8 Å². The van der Waals surface area contributed by atoms with E-state index in [9.17, 15) is 4.79 Å². The van der Waals surface area contributed by atoms with Gasteiger partial charge in [0, 0.05) is 11.6 Å². The summed E-state index contributed by atoms with van der Waals surface area (Å²) in [6.45, 7) is 4.59. The molecule has 0 atom stereocenters. The maximum absolute atomic E-state index is 12.0. The normalized spacial score (nSPS) is 10.6. The first-order chi connectivity index (χ1) is 12.6. The van der Waals surface area contributed by atoms with Crippen molar-refractivity contribution in [2.75, 3.05) is 20.8 Å². The van der Waals surface area contributed by atoms with Gasteiger partial charge in [-0.3, -0.25) is 0 Å². The molecule has 2 aromatic rings. The first-order valence-electron chi connectivity index (χ1n) is 8.36. The zero-order chi connectivity index (χ0) is 18.9. The molecule has 0 amide bonds. The Balaban J connectivity index is 2.00. The van der Waals surface area contributed by atoms with E-state index in [2.05, 4.69) is 0 Å². The van der Waals surface area contributed by atoms with E-state index in [1.54, 1.807) is 26.4 Å². The van der Waals surface area contributed by atoms with Crippen LogP contribution >= 0.6 is 0 Å². The topological polar surface area (TPSA) is 54.0 Å². The van der Waals surface area contributed by atoms with Gasteiger partial charge in [0.25, 0.3) is 0 Å².